The van der Waals surface area contributed by atoms with Crippen molar-refractivity contribution in [1.29, 1.82) is 0 Å². The topological polar surface area (TPSA) is 69.4 Å². The number of nitro benzene ring substituents is 1. The maximum atomic E-state index is 13.4. The van der Waals surface area contributed by atoms with Crippen LogP contribution in [0.3, 0.4) is 0 Å². The summed E-state index contributed by atoms with van der Waals surface area (Å²) < 4.78 is 31.4. The zero-order valence-corrected chi connectivity index (χ0v) is 9.99. The molecule has 18 heavy (non-hydrogen) atoms. The number of hydrogen-bond acceptors (Lipinski definition) is 4. The summed E-state index contributed by atoms with van der Waals surface area (Å²) in [6.45, 7) is 2.80. The van der Waals surface area contributed by atoms with Crippen molar-refractivity contribution < 1.29 is 23.2 Å². The van der Waals surface area contributed by atoms with Gasteiger partial charge in [-0.25, -0.2) is 0 Å². The highest BCUT2D eigenvalue weighted by atomic mass is 19.1. The molecule has 0 fully saturated rings. The summed E-state index contributed by atoms with van der Waals surface area (Å²) in [6.07, 6.45) is 0. The molecule has 1 aromatic carbocycles. The molecule has 0 saturated carbocycles. The fraction of sp³-hybridized carbons (Fsp3) is 0.364. The molecule has 0 spiro atoms. The van der Waals surface area contributed by atoms with Crippen LogP contribution in [0.1, 0.15) is 19.4 Å². The smallest absolute Gasteiger partial charge is 0.340 e. The molecule has 0 aliphatic heterocycles. The minimum atomic E-state index is -1.33. The highest BCUT2D eigenvalue weighted by molar-refractivity contribution is 5.82. The second-order valence-corrected chi connectivity index (χ2v) is 4.16. The molecule has 0 saturated heterocycles. The van der Waals surface area contributed by atoms with Gasteiger partial charge < -0.3 is 4.74 Å². The molecule has 7 heteroatoms. The molecule has 0 bridgehead atoms. The maximum Gasteiger partial charge on any atom is 0.340 e. The van der Waals surface area contributed by atoms with Crippen molar-refractivity contribution in [2.24, 2.45) is 0 Å². The third-order valence-corrected chi connectivity index (χ3v) is 2.62. The van der Waals surface area contributed by atoms with E-state index in [4.69, 9.17) is 0 Å². The molecule has 1 rings (SSSR count). The Balaban J connectivity index is 3.39. The van der Waals surface area contributed by atoms with Gasteiger partial charge in [0.25, 0.3) is 0 Å². The van der Waals surface area contributed by atoms with E-state index in [-0.39, 0.29) is 5.56 Å². The molecule has 0 unspecified atom stereocenters. The lowest BCUT2D eigenvalue weighted by atomic mass is 9.84. The van der Waals surface area contributed by atoms with E-state index in [0.717, 1.165) is 19.2 Å². The van der Waals surface area contributed by atoms with Gasteiger partial charge in [-0.1, -0.05) is 0 Å². The molecule has 0 amide bonds. The average Bonchev–Trinajstić information content (AvgIpc) is 2.26. The summed E-state index contributed by atoms with van der Waals surface area (Å²) in [6, 6.07) is 1.52. The summed E-state index contributed by atoms with van der Waals surface area (Å²) in [4.78, 5) is 20.7. The first kappa shape index (κ1) is 14.0. The standard InChI is InChI=1S/C11H11F2NO4/c1-11(2,10(15)18-3)6-4-7(12)9(14(16)17)8(13)5-6/h4-5H,1-3H3. The molecule has 5 nitrogen and oxygen atoms in total. The number of rotatable bonds is 3. The fourth-order valence-electron chi connectivity index (χ4n) is 1.47. The van der Waals surface area contributed by atoms with Gasteiger partial charge in [0, 0.05) is 0 Å². The summed E-state index contributed by atoms with van der Waals surface area (Å²) in [5, 5.41) is 10.4. The first-order valence-electron chi connectivity index (χ1n) is 4.94. The lowest BCUT2D eigenvalue weighted by Crippen LogP contribution is -2.30. The van der Waals surface area contributed by atoms with Gasteiger partial charge in [-0.3, -0.25) is 14.9 Å². The van der Waals surface area contributed by atoms with Crippen LogP contribution in [0.15, 0.2) is 12.1 Å². The Morgan fingerprint density at radius 1 is 1.33 bits per heavy atom. The molecule has 0 aliphatic carbocycles. The molecule has 0 aromatic heterocycles. The van der Waals surface area contributed by atoms with Crippen LogP contribution < -0.4 is 0 Å². The van der Waals surface area contributed by atoms with Crippen molar-refractivity contribution in [2.45, 2.75) is 19.3 Å². The summed E-state index contributed by atoms with van der Waals surface area (Å²) in [5.41, 5.74) is -2.57. The first-order chi connectivity index (χ1) is 8.21. The van der Waals surface area contributed by atoms with Crippen LogP contribution in [0.4, 0.5) is 14.5 Å². The Labute approximate surface area is 102 Å². The van der Waals surface area contributed by atoms with Crippen LogP contribution in [0, 0.1) is 21.7 Å². The van der Waals surface area contributed by atoms with Crippen LogP contribution in [0.2, 0.25) is 0 Å². The molecule has 0 heterocycles. The minimum absolute atomic E-state index is 0.0325. The van der Waals surface area contributed by atoms with Gasteiger partial charge in [0.1, 0.15) is 0 Å². The number of ether oxygens (including phenoxy) is 1. The van der Waals surface area contributed by atoms with Crippen LogP contribution >= 0.6 is 0 Å². The molecule has 0 aliphatic rings. The van der Waals surface area contributed by atoms with Crippen molar-refractivity contribution in [3.05, 3.63) is 39.4 Å². The molecular weight excluding hydrogens is 248 g/mol. The van der Waals surface area contributed by atoms with Gasteiger partial charge in [-0.05, 0) is 31.5 Å². The van der Waals surface area contributed by atoms with Crippen molar-refractivity contribution in [3.63, 3.8) is 0 Å². The van der Waals surface area contributed by atoms with Gasteiger partial charge in [-0.15, -0.1) is 0 Å². The molecule has 98 valence electrons. The van der Waals surface area contributed by atoms with Crippen molar-refractivity contribution in [2.75, 3.05) is 7.11 Å². The Morgan fingerprint density at radius 2 is 1.78 bits per heavy atom. The largest absolute Gasteiger partial charge is 0.468 e. The van der Waals surface area contributed by atoms with E-state index < -0.39 is 33.6 Å². The Kier molecular flexibility index (Phi) is 3.64. The maximum absolute atomic E-state index is 13.4. The first-order valence-corrected chi connectivity index (χ1v) is 4.94. The number of esters is 1. The van der Waals surface area contributed by atoms with E-state index in [0.29, 0.717) is 0 Å². The zero-order chi connectivity index (χ0) is 14.1. The minimum Gasteiger partial charge on any atom is -0.468 e. The lowest BCUT2D eigenvalue weighted by Gasteiger charge is -2.21. The van der Waals surface area contributed by atoms with Gasteiger partial charge in [0.05, 0.1) is 17.4 Å². The highest BCUT2D eigenvalue weighted by Crippen LogP contribution is 2.30. The average molecular weight is 259 g/mol. The zero-order valence-electron chi connectivity index (χ0n) is 9.99. The Morgan fingerprint density at radius 3 is 2.11 bits per heavy atom. The molecule has 0 atom stereocenters. The summed E-state index contributed by atoms with van der Waals surface area (Å²) in [7, 11) is 1.14. The number of carbonyl (C=O) groups excluding carboxylic acids is 1. The lowest BCUT2D eigenvalue weighted by molar-refractivity contribution is -0.390. The second kappa shape index (κ2) is 4.67. The van der Waals surface area contributed by atoms with Crippen molar-refractivity contribution in [3.8, 4) is 0 Å². The van der Waals surface area contributed by atoms with Crippen LogP contribution in [0.25, 0.3) is 0 Å². The molecule has 0 N–H and O–H groups in total. The SMILES string of the molecule is COC(=O)C(C)(C)c1cc(F)c([N+](=O)[O-])c(F)c1. The van der Waals surface area contributed by atoms with Gasteiger partial charge in [0.2, 0.25) is 11.6 Å². The number of nitro groups is 1. The predicted molar refractivity (Wildman–Crippen MR) is 58.1 cm³/mol. The number of nitrogens with zero attached hydrogens (tertiary/aromatic N) is 1. The van der Waals surface area contributed by atoms with E-state index in [2.05, 4.69) is 4.74 Å². The quantitative estimate of drug-likeness (QED) is 0.474. The monoisotopic (exact) mass is 259 g/mol. The number of carbonyl (C=O) groups is 1. The number of hydrogen-bond donors (Lipinski definition) is 0. The number of benzene rings is 1. The predicted octanol–water partition coefficient (Wildman–Crippen LogP) is 2.32. The van der Waals surface area contributed by atoms with E-state index in [1.807, 2.05) is 0 Å². The fourth-order valence-corrected chi connectivity index (χ4v) is 1.47. The normalized spacial score (nSPS) is 11.2. The van der Waals surface area contributed by atoms with Crippen LogP contribution in [-0.4, -0.2) is 18.0 Å². The second-order valence-electron chi connectivity index (χ2n) is 4.16. The van der Waals surface area contributed by atoms with E-state index in [9.17, 15) is 23.7 Å². The Hall–Kier alpha value is -2.05. The van der Waals surface area contributed by atoms with Crippen LogP contribution in [0.5, 0.6) is 0 Å². The molecule has 1 aromatic rings. The third-order valence-electron chi connectivity index (χ3n) is 2.62. The number of halogens is 2. The molecule has 0 radical (unpaired) electrons. The van der Waals surface area contributed by atoms with Gasteiger partial charge in [0.15, 0.2) is 0 Å². The molecular formula is C11H11F2NO4. The van der Waals surface area contributed by atoms with Gasteiger partial charge >= 0.3 is 11.7 Å². The van der Waals surface area contributed by atoms with E-state index in [1.165, 1.54) is 13.8 Å². The van der Waals surface area contributed by atoms with Crippen molar-refractivity contribution >= 4 is 11.7 Å². The van der Waals surface area contributed by atoms with Crippen molar-refractivity contribution in [1.82, 2.24) is 0 Å². The van der Waals surface area contributed by atoms with Gasteiger partial charge in [-0.2, -0.15) is 8.78 Å². The number of methoxy groups -OCH3 is 1. The van der Waals surface area contributed by atoms with E-state index in [1.54, 1.807) is 0 Å². The highest BCUT2D eigenvalue weighted by Gasteiger charge is 2.34. The summed E-state index contributed by atoms with van der Waals surface area (Å²) >= 11 is 0. The van der Waals surface area contributed by atoms with E-state index >= 15 is 0 Å². The van der Waals surface area contributed by atoms with Crippen LogP contribution in [-0.2, 0) is 14.9 Å². The Bertz CT molecular complexity index is 491. The third kappa shape index (κ3) is 2.29. The summed E-state index contributed by atoms with van der Waals surface area (Å²) in [5.74, 6) is -3.35.